The summed E-state index contributed by atoms with van der Waals surface area (Å²) in [6.07, 6.45) is 0.641. The summed E-state index contributed by atoms with van der Waals surface area (Å²) in [5, 5.41) is 62.6. The van der Waals surface area contributed by atoms with Crippen LogP contribution in [0.5, 0.6) is 23.0 Å². The molecule has 0 aliphatic rings. The molecule has 25 heavy (non-hydrogen) atoms. The molecule has 0 radical (unpaired) electrons. The van der Waals surface area contributed by atoms with E-state index in [1.54, 1.807) is 6.92 Å². The second-order valence-electron chi connectivity index (χ2n) is 5.20. The third-order valence-electron chi connectivity index (χ3n) is 3.43. The number of nitrogens with one attached hydrogen (secondary N) is 1. The van der Waals surface area contributed by atoms with Crippen molar-refractivity contribution in [3.05, 3.63) is 16.6 Å². The zero-order chi connectivity index (χ0) is 18.9. The first-order valence-corrected chi connectivity index (χ1v) is 7.95. The van der Waals surface area contributed by atoms with Crippen LogP contribution in [0, 0.1) is 0 Å². The number of nitrogen functional groups attached to an aromatic ring is 1. The van der Waals surface area contributed by atoms with Gasteiger partial charge >= 0.3 is 0 Å². The number of carbonyl (C=O) groups is 1. The van der Waals surface area contributed by atoms with Crippen LogP contribution >= 0.6 is 11.3 Å². The van der Waals surface area contributed by atoms with Crippen molar-refractivity contribution in [2.45, 2.75) is 25.6 Å². The van der Waals surface area contributed by atoms with E-state index in [1.165, 1.54) is 0 Å². The van der Waals surface area contributed by atoms with Crippen molar-refractivity contribution in [2.24, 2.45) is 0 Å². The number of carbonyl (C=O) groups excluding carboxylic acids is 1. The summed E-state index contributed by atoms with van der Waals surface area (Å²) in [6, 6.07) is 0. The largest absolute Gasteiger partial charge is 0.504 e. The Kier molecular flexibility index (Phi) is 4.92. The van der Waals surface area contributed by atoms with Gasteiger partial charge in [-0.25, -0.2) is 4.98 Å². The number of nitrogens with zero attached hydrogens (tertiary/aromatic N) is 1. The Balaban J connectivity index is 2.42. The summed E-state index contributed by atoms with van der Waals surface area (Å²) in [7, 11) is 0. The van der Waals surface area contributed by atoms with Gasteiger partial charge < -0.3 is 41.7 Å². The molecule has 10 nitrogen and oxygen atoms in total. The maximum atomic E-state index is 12.1. The number of hydrogen-bond acceptors (Lipinski definition) is 10. The molecule has 0 saturated carbocycles. The molecule has 0 saturated heterocycles. The minimum Gasteiger partial charge on any atom is -0.504 e. The van der Waals surface area contributed by atoms with Crippen molar-refractivity contribution in [2.75, 3.05) is 11.1 Å². The van der Waals surface area contributed by atoms with Gasteiger partial charge in [0, 0.05) is 10.9 Å². The van der Waals surface area contributed by atoms with Gasteiger partial charge in [-0.15, -0.1) is 11.3 Å². The van der Waals surface area contributed by atoms with Crippen LogP contribution in [0.25, 0.3) is 0 Å². The van der Waals surface area contributed by atoms with Crippen molar-refractivity contribution in [3.63, 3.8) is 0 Å². The topological polar surface area (TPSA) is 189 Å². The zero-order valence-corrected chi connectivity index (χ0v) is 13.8. The summed E-state index contributed by atoms with van der Waals surface area (Å²) in [5.41, 5.74) is 4.01. The highest BCUT2D eigenvalue weighted by Gasteiger charge is 2.39. The molecule has 2 rings (SSSR count). The summed E-state index contributed by atoms with van der Waals surface area (Å²) in [4.78, 5) is 15.7. The Morgan fingerprint density at radius 1 is 1.20 bits per heavy atom. The third kappa shape index (κ3) is 3.24. The van der Waals surface area contributed by atoms with Crippen LogP contribution in [-0.2, 0) is 17.0 Å². The average molecular weight is 371 g/mol. The number of amides is 1. The van der Waals surface area contributed by atoms with Crippen LogP contribution in [0.4, 0.5) is 10.8 Å². The van der Waals surface area contributed by atoms with E-state index in [0.29, 0.717) is 6.42 Å². The number of aromatic nitrogens is 1. The Bertz CT molecular complexity index is 790. The van der Waals surface area contributed by atoms with Crippen molar-refractivity contribution in [3.8, 4) is 23.0 Å². The number of rotatable bonds is 5. The summed E-state index contributed by atoms with van der Waals surface area (Å²) in [6.45, 7) is 1.74. The third-order valence-corrected chi connectivity index (χ3v) is 4.10. The average Bonchev–Trinajstić information content (AvgIpc) is 3.00. The predicted octanol–water partition coefficient (Wildman–Crippen LogP) is 0.276. The molecular formula is C14H17N3O7S. The van der Waals surface area contributed by atoms with Crippen molar-refractivity contribution in [1.29, 1.82) is 0 Å². The van der Waals surface area contributed by atoms with E-state index in [0.717, 1.165) is 16.7 Å². The zero-order valence-electron chi connectivity index (χ0n) is 13.0. The van der Waals surface area contributed by atoms with E-state index in [9.17, 15) is 35.4 Å². The first-order chi connectivity index (χ1) is 11.6. The predicted molar refractivity (Wildman–Crippen MR) is 88.4 cm³/mol. The number of benzene rings is 1. The van der Waals surface area contributed by atoms with E-state index < -0.39 is 46.1 Å². The highest BCUT2D eigenvalue weighted by molar-refractivity contribution is 7.13. The first kappa shape index (κ1) is 18.6. The van der Waals surface area contributed by atoms with Crippen LogP contribution in [0.3, 0.4) is 0 Å². The molecule has 2 aromatic rings. The molecule has 0 fully saturated rings. The van der Waals surface area contributed by atoms with Gasteiger partial charge in [-0.05, 0) is 6.42 Å². The maximum absolute atomic E-state index is 12.1. The standard InChI is InChI=1S/C14H17N3O7S/c1-2-3-5-8(18)10(20)7(11(21)9(5)19)17-12(22)14(23,24)6-4-25-13(15)16-6/h4,18-21,23-24H,2-3H2,1H3,(H2,15,16)(H,17,22). The molecule has 0 aliphatic carbocycles. The number of aromatic hydroxyl groups is 4. The first-order valence-electron chi connectivity index (χ1n) is 7.07. The second kappa shape index (κ2) is 6.63. The molecule has 1 amide bonds. The lowest BCUT2D eigenvalue weighted by Gasteiger charge is -2.21. The number of aliphatic hydroxyl groups is 2. The fourth-order valence-electron chi connectivity index (χ4n) is 2.12. The van der Waals surface area contributed by atoms with Crippen LogP contribution in [0.15, 0.2) is 5.38 Å². The number of thiazole rings is 1. The Morgan fingerprint density at radius 2 is 1.76 bits per heavy atom. The molecule has 0 aliphatic heterocycles. The van der Waals surface area contributed by atoms with Crippen LogP contribution < -0.4 is 11.1 Å². The van der Waals surface area contributed by atoms with Gasteiger partial charge in [-0.1, -0.05) is 13.3 Å². The molecule has 0 unspecified atom stereocenters. The molecule has 0 spiro atoms. The van der Waals surface area contributed by atoms with E-state index in [1.807, 2.05) is 5.32 Å². The van der Waals surface area contributed by atoms with Gasteiger partial charge in [0.25, 0.3) is 11.7 Å². The fraction of sp³-hybridized carbons (Fsp3) is 0.286. The Hall–Kier alpha value is -2.76. The van der Waals surface area contributed by atoms with E-state index in [-0.39, 0.29) is 17.1 Å². The molecule has 1 aromatic heterocycles. The smallest absolute Gasteiger partial charge is 0.291 e. The minimum atomic E-state index is -3.12. The number of phenols is 4. The van der Waals surface area contributed by atoms with Crippen LogP contribution in [-0.4, -0.2) is 41.5 Å². The number of anilines is 2. The van der Waals surface area contributed by atoms with Crippen LogP contribution in [0.1, 0.15) is 24.6 Å². The fourth-order valence-corrected chi connectivity index (χ4v) is 2.72. The maximum Gasteiger partial charge on any atom is 0.291 e. The van der Waals surface area contributed by atoms with Gasteiger partial charge in [-0.2, -0.15) is 0 Å². The molecule has 0 atom stereocenters. The van der Waals surface area contributed by atoms with Gasteiger partial charge in [0.2, 0.25) is 0 Å². The van der Waals surface area contributed by atoms with E-state index in [4.69, 9.17) is 5.73 Å². The highest BCUT2D eigenvalue weighted by atomic mass is 32.1. The van der Waals surface area contributed by atoms with Gasteiger partial charge in [0.15, 0.2) is 28.1 Å². The van der Waals surface area contributed by atoms with Gasteiger partial charge in [0.05, 0.1) is 0 Å². The number of nitrogens with two attached hydrogens (primary N) is 1. The molecule has 9 N–H and O–H groups in total. The van der Waals surface area contributed by atoms with Gasteiger partial charge in [-0.3, -0.25) is 4.79 Å². The molecule has 1 aromatic carbocycles. The Morgan fingerprint density at radius 3 is 2.20 bits per heavy atom. The normalized spacial score (nSPS) is 11.5. The molecule has 0 bridgehead atoms. The van der Waals surface area contributed by atoms with E-state index >= 15 is 0 Å². The molecular weight excluding hydrogens is 354 g/mol. The monoisotopic (exact) mass is 371 g/mol. The van der Waals surface area contributed by atoms with Gasteiger partial charge in [0.1, 0.15) is 11.4 Å². The summed E-state index contributed by atoms with van der Waals surface area (Å²) < 4.78 is 0. The van der Waals surface area contributed by atoms with Crippen molar-refractivity contribution in [1.82, 2.24) is 4.98 Å². The molecule has 136 valence electrons. The lowest BCUT2D eigenvalue weighted by Crippen LogP contribution is -2.40. The highest BCUT2D eigenvalue weighted by Crippen LogP contribution is 2.50. The number of phenolic OH excluding ortho intramolecular Hbond substituents is 4. The second-order valence-corrected chi connectivity index (χ2v) is 6.08. The molecule has 11 heteroatoms. The van der Waals surface area contributed by atoms with Crippen LogP contribution in [0.2, 0.25) is 0 Å². The Labute approximate surface area is 145 Å². The molecule has 1 heterocycles. The quantitative estimate of drug-likeness (QED) is 0.207. The summed E-state index contributed by atoms with van der Waals surface area (Å²) >= 11 is 0.861. The summed E-state index contributed by atoms with van der Waals surface area (Å²) in [5.74, 6) is -7.97. The van der Waals surface area contributed by atoms with Crippen molar-refractivity contribution < 1.29 is 35.4 Å². The SMILES string of the molecule is CCCc1c(O)c(O)c(NC(=O)C(O)(O)c2csc(N)n2)c(O)c1O. The number of hydrogen-bond donors (Lipinski definition) is 8. The minimum absolute atomic E-state index is 0.0137. The van der Waals surface area contributed by atoms with Crippen molar-refractivity contribution >= 4 is 28.1 Å². The van der Waals surface area contributed by atoms with E-state index in [2.05, 4.69) is 4.98 Å². The lowest BCUT2D eigenvalue weighted by atomic mass is 10.0. The lowest BCUT2D eigenvalue weighted by molar-refractivity contribution is -0.185.